The minimum Gasteiger partial charge on any atom is -0.496 e. The predicted octanol–water partition coefficient (Wildman–Crippen LogP) is 6.89. The van der Waals surface area contributed by atoms with Gasteiger partial charge in [-0.05, 0) is 103 Å². The predicted molar refractivity (Wildman–Crippen MR) is 200 cm³/mol. The van der Waals surface area contributed by atoms with Crippen molar-refractivity contribution in [3.05, 3.63) is 105 Å². The molecule has 0 fully saturated rings. The SMILES string of the molecule is COc1cc(/C=C\c2cc(OC)c(OCCCCCCOc3ccc(C4NC(=O)c5cc(Cl)ccc5N4)cc3CO)c(OC)c2)cc(CO)c1CO. The molecule has 1 unspecified atom stereocenters. The van der Waals surface area contributed by atoms with Crippen LogP contribution in [0.2, 0.25) is 5.02 Å². The number of fused-ring (bicyclic) bond motifs is 1. The number of amides is 1. The van der Waals surface area contributed by atoms with Crippen LogP contribution in [0.4, 0.5) is 5.69 Å². The fourth-order valence-corrected chi connectivity index (χ4v) is 6.18. The van der Waals surface area contributed by atoms with Crippen LogP contribution in [-0.4, -0.2) is 55.8 Å². The molecule has 0 aromatic heterocycles. The molecule has 0 radical (unpaired) electrons. The van der Waals surface area contributed by atoms with Gasteiger partial charge < -0.3 is 49.6 Å². The average Bonchev–Trinajstić information content (AvgIpc) is 3.17. The highest BCUT2D eigenvalue weighted by Crippen LogP contribution is 2.39. The third kappa shape index (κ3) is 9.29. The van der Waals surface area contributed by atoms with Crippen molar-refractivity contribution < 1.29 is 43.8 Å². The Bertz CT molecular complexity index is 1830. The number of nitrogens with one attached hydrogen (secondary N) is 2. The maximum absolute atomic E-state index is 12.6. The van der Waals surface area contributed by atoms with E-state index in [0.717, 1.165) is 42.4 Å². The van der Waals surface area contributed by atoms with Gasteiger partial charge >= 0.3 is 0 Å². The molecule has 5 rings (SSSR count). The van der Waals surface area contributed by atoms with E-state index in [1.54, 1.807) is 38.5 Å². The molecule has 5 N–H and O–H groups in total. The molecule has 1 heterocycles. The van der Waals surface area contributed by atoms with Crippen molar-refractivity contribution in [1.29, 1.82) is 0 Å². The largest absolute Gasteiger partial charge is 0.496 e. The molecule has 0 saturated heterocycles. The quantitative estimate of drug-likeness (QED) is 0.0542. The lowest BCUT2D eigenvalue weighted by Crippen LogP contribution is -2.38. The normalized spacial score (nSPS) is 13.7. The summed E-state index contributed by atoms with van der Waals surface area (Å²) in [6.07, 6.45) is 6.82. The van der Waals surface area contributed by atoms with E-state index in [1.165, 1.54) is 7.11 Å². The minimum atomic E-state index is -0.453. The Balaban J connectivity index is 1.09. The summed E-state index contributed by atoms with van der Waals surface area (Å²) in [6, 6.07) is 18.0. The molecule has 1 aliphatic rings. The highest BCUT2D eigenvalue weighted by atomic mass is 35.5. The van der Waals surface area contributed by atoms with Crippen LogP contribution >= 0.6 is 11.6 Å². The molecule has 11 nitrogen and oxygen atoms in total. The van der Waals surface area contributed by atoms with Crippen LogP contribution in [0.15, 0.2) is 60.7 Å². The lowest BCUT2D eigenvalue weighted by molar-refractivity contribution is 0.0935. The highest BCUT2D eigenvalue weighted by Gasteiger charge is 2.25. The Hall–Kier alpha value is -4.94. The number of methoxy groups -OCH3 is 3. The smallest absolute Gasteiger partial charge is 0.255 e. The number of benzene rings is 4. The minimum absolute atomic E-state index is 0.197. The fourth-order valence-electron chi connectivity index (χ4n) is 6.01. The number of carbonyl (C=O) groups excluding carboxylic acids is 1. The van der Waals surface area contributed by atoms with Crippen LogP contribution in [-0.2, 0) is 19.8 Å². The molecule has 1 amide bonds. The number of halogens is 1. The first-order valence-electron chi connectivity index (χ1n) is 17.0. The van der Waals surface area contributed by atoms with Crippen molar-refractivity contribution in [3.8, 4) is 28.7 Å². The zero-order chi connectivity index (χ0) is 37.0. The molecule has 52 heavy (non-hydrogen) atoms. The number of rotatable bonds is 18. The van der Waals surface area contributed by atoms with Crippen molar-refractivity contribution >= 4 is 35.3 Å². The van der Waals surface area contributed by atoms with Gasteiger partial charge in [0.2, 0.25) is 5.75 Å². The number of hydrogen-bond acceptors (Lipinski definition) is 10. The second kappa shape index (κ2) is 18.5. The first kappa shape index (κ1) is 38.3. The highest BCUT2D eigenvalue weighted by molar-refractivity contribution is 6.31. The third-order valence-electron chi connectivity index (χ3n) is 8.76. The molecule has 276 valence electrons. The van der Waals surface area contributed by atoms with E-state index in [0.29, 0.717) is 74.9 Å². The Kier molecular flexibility index (Phi) is 13.6. The van der Waals surface area contributed by atoms with Gasteiger partial charge in [-0.25, -0.2) is 0 Å². The van der Waals surface area contributed by atoms with Crippen molar-refractivity contribution in [2.45, 2.75) is 51.7 Å². The van der Waals surface area contributed by atoms with Crippen molar-refractivity contribution in [1.82, 2.24) is 5.32 Å². The van der Waals surface area contributed by atoms with Gasteiger partial charge in [-0.3, -0.25) is 4.79 Å². The van der Waals surface area contributed by atoms with Gasteiger partial charge in [0, 0.05) is 21.8 Å². The number of unbranched alkanes of at least 4 members (excludes halogenated alkanes) is 3. The van der Waals surface area contributed by atoms with Crippen molar-refractivity contribution in [2.75, 3.05) is 39.9 Å². The molecular weight excluding hydrogens is 688 g/mol. The third-order valence-corrected chi connectivity index (χ3v) is 8.99. The molecular formula is C40H45ClN2O9. The molecule has 0 aliphatic carbocycles. The summed E-state index contributed by atoms with van der Waals surface area (Å²) in [5.74, 6) is 2.50. The molecule has 1 aliphatic heterocycles. The van der Waals surface area contributed by atoms with Gasteiger partial charge in [-0.15, -0.1) is 0 Å². The molecule has 0 saturated carbocycles. The second-order valence-electron chi connectivity index (χ2n) is 12.1. The molecule has 0 bridgehead atoms. The van der Waals surface area contributed by atoms with Gasteiger partial charge in [0.15, 0.2) is 11.5 Å². The van der Waals surface area contributed by atoms with Crippen LogP contribution in [0.25, 0.3) is 12.2 Å². The first-order chi connectivity index (χ1) is 25.3. The van der Waals surface area contributed by atoms with E-state index < -0.39 is 6.17 Å². The number of aliphatic hydroxyl groups excluding tert-OH is 3. The number of aliphatic hydroxyl groups is 3. The summed E-state index contributed by atoms with van der Waals surface area (Å²) >= 11 is 6.05. The van der Waals surface area contributed by atoms with E-state index >= 15 is 0 Å². The Morgan fingerprint density at radius 3 is 1.94 bits per heavy atom. The van der Waals surface area contributed by atoms with Crippen LogP contribution in [0.1, 0.15) is 75.6 Å². The van der Waals surface area contributed by atoms with Gasteiger partial charge in [-0.1, -0.05) is 29.8 Å². The summed E-state index contributed by atoms with van der Waals surface area (Å²) in [5, 5.41) is 36.2. The monoisotopic (exact) mass is 732 g/mol. The standard InChI is InChI=1S/C40H45ClN2O9/c1-48-35-17-25(16-28(22-44)32(35)24-46)8-9-26-18-36(49-2)38(37(19-26)50-3)52-15-7-5-4-6-14-51-34-13-10-27(20-29(34)23-45)39-42-33-12-11-30(41)21-31(33)40(47)43-39/h8-13,16-21,39,42,44-46H,4-7,14-15,22-24H2,1-3H3,(H,43,47)/b9-8-. The van der Waals surface area contributed by atoms with Crippen LogP contribution in [0.5, 0.6) is 28.7 Å². The van der Waals surface area contributed by atoms with E-state index in [9.17, 15) is 20.1 Å². The van der Waals surface area contributed by atoms with Crippen LogP contribution in [0, 0.1) is 0 Å². The van der Waals surface area contributed by atoms with Gasteiger partial charge in [0.25, 0.3) is 5.91 Å². The Morgan fingerprint density at radius 2 is 1.31 bits per heavy atom. The van der Waals surface area contributed by atoms with Crippen molar-refractivity contribution in [3.63, 3.8) is 0 Å². The number of carbonyl (C=O) groups is 1. The van der Waals surface area contributed by atoms with E-state index in [2.05, 4.69) is 10.6 Å². The lowest BCUT2D eigenvalue weighted by atomic mass is 10.0. The van der Waals surface area contributed by atoms with Crippen LogP contribution < -0.4 is 34.3 Å². The molecule has 1 atom stereocenters. The second-order valence-corrected chi connectivity index (χ2v) is 12.6. The van der Waals surface area contributed by atoms with Gasteiger partial charge in [0.1, 0.15) is 17.7 Å². The van der Waals surface area contributed by atoms with E-state index in [1.807, 2.05) is 48.6 Å². The number of hydrogen-bond donors (Lipinski definition) is 5. The Labute approximate surface area is 308 Å². The Morgan fingerprint density at radius 1 is 0.673 bits per heavy atom. The number of anilines is 1. The van der Waals surface area contributed by atoms with Crippen LogP contribution in [0.3, 0.4) is 0 Å². The van der Waals surface area contributed by atoms with Gasteiger partial charge in [-0.2, -0.15) is 0 Å². The first-order valence-corrected chi connectivity index (χ1v) is 17.4. The summed E-state index contributed by atoms with van der Waals surface area (Å²) in [4.78, 5) is 12.6. The molecule has 4 aromatic rings. The van der Waals surface area contributed by atoms with E-state index in [-0.39, 0.29) is 25.7 Å². The number of ether oxygens (including phenoxy) is 5. The average molecular weight is 733 g/mol. The topological polar surface area (TPSA) is 148 Å². The molecule has 0 spiro atoms. The van der Waals surface area contributed by atoms with E-state index in [4.69, 9.17) is 35.3 Å². The molecule has 4 aromatic carbocycles. The summed E-state index contributed by atoms with van der Waals surface area (Å²) in [7, 11) is 4.69. The summed E-state index contributed by atoms with van der Waals surface area (Å²) in [6.45, 7) is 0.328. The molecule has 12 heteroatoms. The summed E-state index contributed by atoms with van der Waals surface area (Å²) < 4.78 is 28.8. The summed E-state index contributed by atoms with van der Waals surface area (Å²) in [5.41, 5.74) is 5.40. The fraction of sp³-hybridized carbons (Fsp3) is 0.325. The zero-order valence-corrected chi connectivity index (χ0v) is 30.3. The maximum Gasteiger partial charge on any atom is 0.255 e. The van der Waals surface area contributed by atoms with Gasteiger partial charge in [0.05, 0.1) is 59.9 Å². The zero-order valence-electron chi connectivity index (χ0n) is 29.5. The van der Waals surface area contributed by atoms with Crippen molar-refractivity contribution in [2.24, 2.45) is 0 Å². The maximum atomic E-state index is 12.6. The lowest BCUT2D eigenvalue weighted by Gasteiger charge is -2.28.